The molecule has 2 aromatic heterocycles. The highest BCUT2D eigenvalue weighted by Gasteiger charge is 2.14. The molecule has 0 fully saturated rings. The van der Waals surface area contributed by atoms with E-state index in [-0.39, 0.29) is 11.6 Å². The maximum absolute atomic E-state index is 14.0. The van der Waals surface area contributed by atoms with Crippen LogP contribution < -0.4 is 4.74 Å². The van der Waals surface area contributed by atoms with Gasteiger partial charge in [0.2, 0.25) is 5.88 Å². The number of hydrogen-bond donors (Lipinski definition) is 0. The summed E-state index contributed by atoms with van der Waals surface area (Å²) in [6.45, 7) is 0. The van der Waals surface area contributed by atoms with Crippen molar-refractivity contribution in [2.45, 2.75) is 0 Å². The fraction of sp³-hybridized carbons (Fsp3) is 0. The first-order chi connectivity index (χ1) is 11.7. The van der Waals surface area contributed by atoms with Crippen LogP contribution in [0.5, 0.6) is 11.6 Å². The molecule has 4 aromatic rings. The zero-order valence-corrected chi connectivity index (χ0v) is 13.8. The van der Waals surface area contributed by atoms with Crippen LogP contribution in [0.3, 0.4) is 0 Å². The summed E-state index contributed by atoms with van der Waals surface area (Å²) in [5.74, 6) is -0.138. The van der Waals surface area contributed by atoms with E-state index in [1.807, 2.05) is 30.3 Å². The Morgan fingerprint density at radius 2 is 1.88 bits per heavy atom. The molecule has 2 heterocycles. The van der Waals surface area contributed by atoms with E-state index in [9.17, 15) is 4.39 Å². The second-order valence-corrected chi connectivity index (χ2v) is 5.90. The number of nitrogens with zero attached hydrogens (tertiary/aromatic N) is 4. The lowest BCUT2D eigenvalue weighted by molar-refractivity contribution is 0.431. The largest absolute Gasteiger partial charge is 0.435 e. The minimum absolute atomic E-state index is 0.0886. The molecule has 0 radical (unpaired) electrons. The van der Waals surface area contributed by atoms with Crippen LogP contribution in [-0.2, 0) is 0 Å². The zero-order valence-electron chi connectivity index (χ0n) is 12.2. The summed E-state index contributed by atoms with van der Waals surface area (Å²) in [5.41, 5.74) is 1.45. The molecular formula is C17H10BrFN4O. The number of para-hydroxylation sites is 1. The van der Waals surface area contributed by atoms with Crippen molar-refractivity contribution in [3.8, 4) is 17.3 Å². The fourth-order valence-corrected chi connectivity index (χ4v) is 2.66. The number of halogens is 2. The smallest absolute Gasteiger partial charge is 0.233 e. The lowest BCUT2D eigenvalue weighted by Crippen LogP contribution is -1.98. The summed E-state index contributed by atoms with van der Waals surface area (Å²) < 4.78 is 21.9. The first kappa shape index (κ1) is 14.8. The maximum Gasteiger partial charge on any atom is 0.233 e. The van der Waals surface area contributed by atoms with Crippen LogP contribution >= 0.6 is 15.9 Å². The fourth-order valence-electron chi connectivity index (χ4n) is 2.32. The summed E-state index contributed by atoms with van der Waals surface area (Å²) in [6.07, 6.45) is 2.98. The normalized spacial score (nSPS) is 10.9. The van der Waals surface area contributed by atoms with Gasteiger partial charge in [-0.05, 0) is 30.3 Å². The monoisotopic (exact) mass is 384 g/mol. The van der Waals surface area contributed by atoms with E-state index < -0.39 is 5.82 Å². The van der Waals surface area contributed by atoms with Crippen LogP contribution in [0.1, 0.15) is 0 Å². The van der Waals surface area contributed by atoms with Crippen LogP contribution in [0.2, 0.25) is 0 Å². The lowest BCUT2D eigenvalue weighted by atomic mass is 10.3. The second kappa shape index (κ2) is 6.01. The van der Waals surface area contributed by atoms with Gasteiger partial charge in [0.1, 0.15) is 11.7 Å². The van der Waals surface area contributed by atoms with Crippen molar-refractivity contribution >= 4 is 27.0 Å². The van der Waals surface area contributed by atoms with E-state index in [1.165, 1.54) is 18.5 Å². The van der Waals surface area contributed by atoms with Gasteiger partial charge in [-0.25, -0.2) is 19.0 Å². The summed E-state index contributed by atoms with van der Waals surface area (Å²) in [4.78, 5) is 8.37. The number of aromatic nitrogens is 4. The molecule has 5 nitrogen and oxygen atoms in total. The molecule has 0 aliphatic carbocycles. The molecule has 0 amide bonds. The summed E-state index contributed by atoms with van der Waals surface area (Å²) >= 11 is 3.22. The number of hydrogen-bond acceptors (Lipinski definition) is 4. The molecule has 0 unspecified atom stereocenters. The van der Waals surface area contributed by atoms with Crippen molar-refractivity contribution in [2.24, 2.45) is 0 Å². The summed E-state index contributed by atoms with van der Waals surface area (Å²) in [5, 5.41) is 4.94. The van der Waals surface area contributed by atoms with Crippen molar-refractivity contribution in [1.82, 2.24) is 19.7 Å². The van der Waals surface area contributed by atoms with Gasteiger partial charge in [-0.3, -0.25) is 0 Å². The average Bonchev–Trinajstić information content (AvgIpc) is 3.03. The molecule has 0 saturated carbocycles. The van der Waals surface area contributed by atoms with Crippen molar-refractivity contribution in [3.05, 3.63) is 71.3 Å². The molecular weight excluding hydrogens is 375 g/mol. The second-order valence-electron chi connectivity index (χ2n) is 4.98. The summed E-state index contributed by atoms with van der Waals surface area (Å²) in [6, 6.07) is 14.2. The average molecular weight is 385 g/mol. The van der Waals surface area contributed by atoms with Gasteiger partial charge in [-0.2, -0.15) is 5.10 Å². The molecule has 2 aromatic carbocycles. The van der Waals surface area contributed by atoms with Crippen molar-refractivity contribution in [1.29, 1.82) is 0 Å². The van der Waals surface area contributed by atoms with E-state index in [0.717, 1.165) is 5.69 Å². The Morgan fingerprint density at radius 1 is 1.04 bits per heavy atom. The Bertz CT molecular complexity index is 1020. The standard InChI is InChI=1S/C17H10BrFN4O/c18-11-6-7-15(14(19)8-11)24-17-13-9-22-23(16(13)20-10-21-17)12-4-2-1-3-5-12/h1-10H. The molecule has 0 aliphatic heterocycles. The molecule has 4 rings (SSSR count). The molecule has 0 saturated heterocycles. The highest BCUT2D eigenvalue weighted by atomic mass is 79.9. The van der Waals surface area contributed by atoms with Gasteiger partial charge >= 0.3 is 0 Å². The van der Waals surface area contributed by atoms with E-state index in [4.69, 9.17) is 4.74 Å². The Labute approximate surface area is 144 Å². The predicted octanol–water partition coefficient (Wildman–Crippen LogP) is 4.51. The van der Waals surface area contributed by atoms with Gasteiger partial charge in [0, 0.05) is 4.47 Å². The van der Waals surface area contributed by atoms with Crippen LogP contribution in [0, 0.1) is 5.82 Å². The van der Waals surface area contributed by atoms with E-state index in [1.54, 1.807) is 16.9 Å². The Hall–Kier alpha value is -2.80. The number of ether oxygens (including phenoxy) is 1. The number of benzene rings is 2. The van der Waals surface area contributed by atoms with E-state index in [0.29, 0.717) is 15.5 Å². The summed E-state index contributed by atoms with van der Waals surface area (Å²) in [7, 11) is 0. The van der Waals surface area contributed by atoms with Crippen LogP contribution in [-0.4, -0.2) is 19.7 Å². The molecule has 0 N–H and O–H groups in total. The minimum Gasteiger partial charge on any atom is -0.435 e. The molecule has 118 valence electrons. The maximum atomic E-state index is 14.0. The lowest BCUT2D eigenvalue weighted by Gasteiger charge is -2.07. The molecule has 0 aliphatic rings. The molecule has 0 bridgehead atoms. The quantitative estimate of drug-likeness (QED) is 0.521. The van der Waals surface area contributed by atoms with Crippen LogP contribution in [0.25, 0.3) is 16.7 Å². The highest BCUT2D eigenvalue weighted by molar-refractivity contribution is 9.10. The van der Waals surface area contributed by atoms with Gasteiger partial charge in [-0.15, -0.1) is 0 Å². The number of fused-ring (bicyclic) bond motifs is 1. The number of rotatable bonds is 3. The van der Waals surface area contributed by atoms with E-state index in [2.05, 4.69) is 31.0 Å². The van der Waals surface area contributed by atoms with Gasteiger partial charge in [-0.1, -0.05) is 34.1 Å². The van der Waals surface area contributed by atoms with Crippen LogP contribution in [0.4, 0.5) is 4.39 Å². The SMILES string of the molecule is Fc1cc(Br)ccc1Oc1ncnc2c1cnn2-c1ccccc1. The molecule has 7 heteroatoms. The third kappa shape index (κ3) is 2.63. The molecule has 24 heavy (non-hydrogen) atoms. The third-order valence-corrected chi connectivity index (χ3v) is 3.92. The van der Waals surface area contributed by atoms with Crippen molar-refractivity contribution < 1.29 is 9.13 Å². The minimum atomic E-state index is -0.480. The highest BCUT2D eigenvalue weighted by Crippen LogP contribution is 2.30. The van der Waals surface area contributed by atoms with Crippen molar-refractivity contribution in [2.75, 3.05) is 0 Å². The molecule has 0 spiro atoms. The van der Waals surface area contributed by atoms with Gasteiger partial charge in [0.25, 0.3) is 0 Å². The first-order valence-electron chi connectivity index (χ1n) is 7.09. The molecule has 0 atom stereocenters. The zero-order chi connectivity index (χ0) is 16.5. The van der Waals surface area contributed by atoms with Gasteiger partial charge < -0.3 is 4.74 Å². The topological polar surface area (TPSA) is 52.8 Å². The Morgan fingerprint density at radius 3 is 2.67 bits per heavy atom. The van der Waals surface area contributed by atoms with Gasteiger partial charge in [0.05, 0.1) is 11.9 Å². The first-order valence-corrected chi connectivity index (χ1v) is 7.89. The Balaban J connectivity index is 1.79. The van der Waals surface area contributed by atoms with Crippen LogP contribution in [0.15, 0.2) is 65.5 Å². The Kier molecular flexibility index (Phi) is 3.70. The van der Waals surface area contributed by atoms with E-state index >= 15 is 0 Å². The van der Waals surface area contributed by atoms with Gasteiger partial charge in [0.15, 0.2) is 17.2 Å². The third-order valence-electron chi connectivity index (χ3n) is 3.43. The van der Waals surface area contributed by atoms with Crippen molar-refractivity contribution in [3.63, 3.8) is 0 Å². The predicted molar refractivity (Wildman–Crippen MR) is 90.8 cm³/mol.